The summed E-state index contributed by atoms with van der Waals surface area (Å²) >= 11 is 0. The van der Waals surface area contributed by atoms with Crippen molar-refractivity contribution in [2.45, 2.75) is 39.0 Å². The SMILES string of the molecule is C#CCOc1cccc(CN(Cc2ccc(C)o2)CC2CCCO2)c1. The fraction of sp³-hybridized carbons (Fsp3) is 0.429. The molecule has 0 radical (unpaired) electrons. The zero-order chi connectivity index (χ0) is 17.5. The normalized spacial score (nSPS) is 16.9. The Balaban J connectivity index is 1.68. The van der Waals surface area contributed by atoms with E-state index in [4.69, 9.17) is 20.3 Å². The Morgan fingerprint density at radius 1 is 1.28 bits per heavy atom. The zero-order valence-electron chi connectivity index (χ0n) is 14.7. The van der Waals surface area contributed by atoms with Crippen molar-refractivity contribution in [2.24, 2.45) is 0 Å². The maximum absolute atomic E-state index is 5.82. The number of hydrogen-bond acceptors (Lipinski definition) is 4. The van der Waals surface area contributed by atoms with Gasteiger partial charge < -0.3 is 13.9 Å². The van der Waals surface area contributed by atoms with Crippen molar-refractivity contribution in [1.29, 1.82) is 0 Å². The molecule has 0 N–H and O–H groups in total. The average molecular weight is 339 g/mol. The lowest BCUT2D eigenvalue weighted by atomic mass is 10.1. The van der Waals surface area contributed by atoms with Crippen LogP contribution in [0.25, 0.3) is 0 Å². The number of aryl methyl sites for hydroxylation is 1. The van der Waals surface area contributed by atoms with Crippen molar-refractivity contribution in [3.05, 3.63) is 53.5 Å². The first-order chi connectivity index (χ1) is 12.2. The third kappa shape index (κ3) is 5.38. The highest BCUT2D eigenvalue weighted by Crippen LogP contribution is 2.20. The molecular formula is C21H25NO3. The van der Waals surface area contributed by atoms with Crippen LogP contribution in [0, 0.1) is 19.3 Å². The van der Waals surface area contributed by atoms with Gasteiger partial charge in [-0.15, -0.1) is 6.42 Å². The van der Waals surface area contributed by atoms with Crippen molar-refractivity contribution < 1.29 is 13.9 Å². The van der Waals surface area contributed by atoms with E-state index in [1.54, 1.807) is 0 Å². The highest BCUT2D eigenvalue weighted by molar-refractivity contribution is 5.28. The Labute approximate surface area is 149 Å². The Morgan fingerprint density at radius 3 is 2.92 bits per heavy atom. The maximum Gasteiger partial charge on any atom is 0.148 e. The summed E-state index contributed by atoms with van der Waals surface area (Å²) in [7, 11) is 0. The highest BCUT2D eigenvalue weighted by Gasteiger charge is 2.20. The van der Waals surface area contributed by atoms with Crippen LogP contribution in [-0.2, 0) is 17.8 Å². The van der Waals surface area contributed by atoms with E-state index in [9.17, 15) is 0 Å². The molecule has 1 aromatic heterocycles. The molecule has 2 aromatic rings. The molecule has 4 nitrogen and oxygen atoms in total. The van der Waals surface area contributed by atoms with Crippen molar-refractivity contribution in [1.82, 2.24) is 4.90 Å². The minimum atomic E-state index is 0.286. The molecule has 1 aromatic carbocycles. The van der Waals surface area contributed by atoms with Crippen LogP contribution in [0.2, 0.25) is 0 Å². The topological polar surface area (TPSA) is 34.8 Å². The van der Waals surface area contributed by atoms with Crippen LogP contribution in [0.4, 0.5) is 0 Å². The fourth-order valence-electron chi connectivity index (χ4n) is 3.17. The second-order valence-electron chi connectivity index (χ2n) is 6.46. The quantitative estimate of drug-likeness (QED) is 0.686. The Kier molecular flexibility index (Phi) is 6.16. The molecule has 2 heterocycles. The minimum Gasteiger partial charge on any atom is -0.481 e. The molecule has 25 heavy (non-hydrogen) atoms. The van der Waals surface area contributed by atoms with Gasteiger partial charge in [0.1, 0.15) is 23.9 Å². The van der Waals surface area contributed by atoms with Crippen LogP contribution in [0.1, 0.15) is 29.9 Å². The second kappa shape index (κ2) is 8.75. The van der Waals surface area contributed by atoms with Gasteiger partial charge in [-0.25, -0.2) is 0 Å². The molecule has 132 valence electrons. The largest absolute Gasteiger partial charge is 0.481 e. The van der Waals surface area contributed by atoms with E-state index < -0.39 is 0 Å². The van der Waals surface area contributed by atoms with Gasteiger partial charge in [0, 0.05) is 19.7 Å². The maximum atomic E-state index is 5.82. The summed E-state index contributed by atoms with van der Waals surface area (Å²) in [5.41, 5.74) is 1.19. The summed E-state index contributed by atoms with van der Waals surface area (Å²) in [5, 5.41) is 0. The molecule has 3 rings (SSSR count). The van der Waals surface area contributed by atoms with E-state index in [1.807, 2.05) is 37.3 Å². The van der Waals surface area contributed by atoms with Crippen molar-refractivity contribution in [2.75, 3.05) is 19.8 Å². The number of nitrogens with zero attached hydrogens (tertiary/aromatic N) is 1. The molecule has 1 fully saturated rings. The minimum absolute atomic E-state index is 0.286. The lowest BCUT2D eigenvalue weighted by Crippen LogP contribution is -2.31. The number of ether oxygens (including phenoxy) is 2. The zero-order valence-corrected chi connectivity index (χ0v) is 14.7. The number of rotatable bonds is 8. The van der Waals surface area contributed by atoms with E-state index in [-0.39, 0.29) is 6.61 Å². The summed E-state index contributed by atoms with van der Waals surface area (Å²) in [4.78, 5) is 2.37. The lowest BCUT2D eigenvalue weighted by Gasteiger charge is -2.24. The van der Waals surface area contributed by atoms with Gasteiger partial charge >= 0.3 is 0 Å². The first-order valence-corrected chi connectivity index (χ1v) is 8.77. The van der Waals surface area contributed by atoms with E-state index in [2.05, 4.69) is 16.9 Å². The molecule has 0 amide bonds. The van der Waals surface area contributed by atoms with E-state index >= 15 is 0 Å². The Morgan fingerprint density at radius 2 is 2.20 bits per heavy atom. The number of furan rings is 1. The molecule has 1 saturated heterocycles. The number of benzene rings is 1. The molecule has 0 aliphatic carbocycles. The van der Waals surface area contributed by atoms with E-state index in [0.29, 0.717) is 6.10 Å². The Bertz CT molecular complexity index is 710. The van der Waals surface area contributed by atoms with Crippen molar-refractivity contribution in [3.63, 3.8) is 0 Å². The monoisotopic (exact) mass is 339 g/mol. The predicted octanol–water partition coefficient (Wildman–Crippen LogP) is 3.78. The van der Waals surface area contributed by atoms with Crippen LogP contribution >= 0.6 is 0 Å². The number of terminal acetylenes is 1. The van der Waals surface area contributed by atoms with Crippen molar-refractivity contribution in [3.8, 4) is 18.1 Å². The molecule has 0 bridgehead atoms. The molecule has 4 heteroatoms. The van der Waals surface area contributed by atoms with Crippen LogP contribution in [0.15, 0.2) is 40.8 Å². The standard InChI is InChI=1S/C21H25NO3/c1-3-11-23-19-7-4-6-18(13-19)14-22(15-20-8-5-12-24-20)16-21-10-9-17(2)25-21/h1,4,6-7,9-10,13,20H,5,8,11-12,14-16H2,2H3. The second-order valence-corrected chi connectivity index (χ2v) is 6.46. The summed E-state index contributed by atoms with van der Waals surface area (Å²) < 4.78 is 17.1. The summed E-state index contributed by atoms with van der Waals surface area (Å²) in [6.45, 7) is 5.61. The summed E-state index contributed by atoms with van der Waals surface area (Å²) in [6.07, 6.45) is 7.84. The first kappa shape index (κ1) is 17.6. The van der Waals surface area contributed by atoms with E-state index in [1.165, 1.54) is 5.56 Å². The molecular weight excluding hydrogens is 314 g/mol. The number of hydrogen-bond donors (Lipinski definition) is 0. The van der Waals surface area contributed by atoms with Gasteiger partial charge in [0.25, 0.3) is 0 Å². The first-order valence-electron chi connectivity index (χ1n) is 8.77. The Hall–Kier alpha value is -2.22. The van der Waals surface area contributed by atoms with E-state index in [0.717, 1.165) is 56.4 Å². The molecule has 1 unspecified atom stereocenters. The third-order valence-corrected chi connectivity index (χ3v) is 4.29. The average Bonchev–Trinajstić information content (AvgIpc) is 3.25. The summed E-state index contributed by atoms with van der Waals surface area (Å²) in [6, 6.07) is 12.1. The van der Waals surface area contributed by atoms with Gasteiger partial charge in [-0.2, -0.15) is 0 Å². The van der Waals surface area contributed by atoms with Gasteiger partial charge in [-0.1, -0.05) is 18.1 Å². The summed E-state index contributed by atoms with van der Waals surface area (Å²) in [5.74, 6) is 5.23. The fourth-order valence-corrected chi connectivity index (χ4v) is 3.17. The molecule has 1 atom stereocenters. The lowest BCUT2D eigenvalue weighted by molar-refractivity contribution is 0.0654. The molecule has 1 aliphatic rings. The third-order valence-electron chi connectivity index (χ3n) is 4.29. The molecule has 0 saturated carbocycles. The van der Waals surface area contributed by atoms with Gasteiger partial charge in [-0.3, -0.25) is 4.90 Å². The van der Waals surface area contributed by atoms with Gasteiger partial charge in [0.2, 0.25) is 0 Å². The van der Waals surface area contributed by atoms with Crippen LogP contribution in [0.3, 0.4) is 0 Å². The molecule has 0 spiro atoms. The van der Waals surface area contributed by atoms with Gasteiger partial charge in [-0.05, 0) is 49.6 Å². The predicted molar refractivity (Wildman–Crippen MR) is 97.3 cm³/mol. The van der Waals surface area contributed by atoms with Crippen molar-refractivity contribution >= 4 is 0 Å². The van der Waals surface area contributed by atoms with Gasteiger partial charge in [0.15, 0.2) is 0 Å². The van der Waals surface area contributed by atoms with Crippen LogP contribution in [-0.4, -0.2) is 30.8 Å². The van der Waals surface area contributed by atoms with Crippen LogP contribution in [0.5, 0.6) is 5.75 Å². The van der Waals surface area contributed by atoms with Crippen LogP contribution < -0.4 is 4.74 Å². The molecule has 1 aliphatic heterocycles. The van der Waals surface area contributed by atoms with Gasteiger partial charge in [0.05, 0.1) is 12.6 Å². The smallest absolute Gasteiger partial charge is 0.148 e. The highest BCUT2D eigenvalue weighted by atomic mass is 16.5.